The molecule has 24 heavy (non-hydrogen) atoms. The van der Waals surface area contributed by atoms with Gasteiger partial charge in [-0.05, 0) is 13.8 Å². The van der Waals surface area contributed by atoms with E-state index in [9.17, 15) is 22.8 Å². The molecular formula is C14H20O9S. The summed E-state index contributed by atoms with van der Waals surface area (Å²) in [4.78, 5) is 34.4. The fraction of sp³-hybridized carbons (Fsp3) is 0.500. The number of carbonyl (C=O) groups is 3. The van der Waals surface area contributed by atoms with Crippen molar-refractivity contribution in [1.29, 1.82) is 0 Å². The molecule has 0 saturated carbocycles. The zero-order valence-electron chi connectivity index (χ0n) is 13.3. The Hall–Kier alpha value is -2.20. The van der Waals surface area contributed by atoms with Crippen molar-refractivity contribution in [2.24, 2.45) is 5.92 Å². The van der Waals surface area contributed by atoms with E-state index in [2.05, 4.69) is 4.74 Å². The maximum Gasteiger partial charge on any atom is 0.330 e. The average Bonchev–Trinajstić information content (AvgIpc) is 2.46. The molecule has 0 unspecified atom stereocenters. The number of hydrogen-bond donors (Lipinski definition) is 1. The summed E-state index contributed by atoms with van der Waals surface area (Å²) < 4.78 is 44.0. The first kappa shape index (κ1) is 21.8. The summed E-state index contributed by atoms with van der Waals surface area (Å²) in [5.41, 5.74) is 0. The van der Waals surface area contributed by atoms with E-state index < -0.39 is 59.5 Å². The van der Waals surface area contributed by atoms with E-state index in [-0.39, 0.29) is 0 Å². The summed E-state index contributed by atoms with van der Waals surface area (Å²) in [6, 6.07) is 0. The highest BCUT2D eigenvalue weighted by atomic mass is 32.2. The first-order valence-corrected chi connectivity index (χ1v) is 8.51. The fourth-order valence-corrected chi connectivity index (χ4v) is 1.58. The minimum Gasteiger partial charge on any atom is -0.464 e. The van der Waals surface area contributed by atoms with Gasteiger partial charge in [0.15, 0.2) is 0 Å². The molecule has 0 spiro atoms. The fourth-order valence-electron chi connectivity index (χ4n) is 1.28. The Bertz CT molecular complexity index is 561. The summed E-state index contributed by atoms with van der Waals surface area (Å²) in [6.07, 6.45) is 5.14. The van der Waals surface area contributed by atoms with E-state index >= 15 is 0 Å². The molecule has 0 bridgehead atoms. The highest BCUT2D eigenvalue weighted by Crippen LogP contribution is 2.05. The Morgan fingerprint density at radius 3 is 1.79 bits per heavy atom. The van der Waals surface area contributed by atoms with Crippen LogP contribution in [0.3, 0.4) is 0 Å². The van der Waals surface area contributed by atoms with Gasteiger partial charge in [0.05, 0.1) is 0 Å². The lowest BCUT2D eigenvalue weighted by molar-refractivity contribution is -0.157. The van der Waals surface area contributed by atoms with Gasteiger partial charge < -0.3 is 14.2 Å². The maximum atomic E-state index is 11.9. The minimum atomic E-state index is -4.28. The van der Waals surface area contributed by atoms with Crippen molar-refractivity contribution in [3.05, 3.63) is 24.3 Å². The molecule has 10 heteroatoms. The molecule has 0 aromatic rings. The van der Waals surface area contributed by atoms with Crippen LogP contribution in [0.25, 0.3) is 0 Å². The third kappa shape index (κ3) is 11.4. The SMILES string of the molecule is CC=CC(=O)OCC(COC(=O)C=CC)C(=O)OCCS(=O)(=O)O. The zero-order valence-corrected chi connectivity index (χ0v) is 14.2. The highest BCUT2D eigenvalue weighted by molar-refractivity contribution is 7.85. The molecule has 0 aromatic heterocycles. The second-order valence-corrected chi connectivity index (χ2v) is 5.98. The molecule has 136 valence electrons. The third-order valence-electron chi connectivity index (χ3n) is 2.38. The largest absolute Gasteiger partial charge is 0.464 e. The molecule has 0 heterocycles. The first-order valence-electron chi connectivity index (χ1n) is 6.90. The van der Waals surface area contributed by atoms with E-state index in [1.807, 2.05) is 0 Å². The zero-order chi connectivity index (χ0) is 18.6. The predicted molar refractivity (Wildman–Crippen MR) is 82.4 cm³/mol. The van der Waals surface area contributed by atoms with Gasteiger partial charge in [-0.3, -0.25) is 9.35 Å². The van der Waals surface area contributed by atoms with Crippen LogP contribution in [0.15, 0.2) is 24.3 Å². The van der Waals surface area contributed by atoms with Gasteiger partial charge in [-0.2, -0.15) is 8.42 Å². The smallest absolute Gasteiger partial charge is 0.330 e. The number of esters is 3. The summed E-state index contributed by atoms with van der Waals surface area (Å²) >= 11 is 0. The second-order valence-electron chi connectivity index (χ2n) is 4.41. The lowest BCUT2D eigenvalue weighted by Crippen LogP contribution is -2.30. The standard InChI is InChI=1S/C14H20O9S/c1-3-5-12(15)22-9-11(10-23-13(16)6-4-2)14(17)21-7-8-24(18,19)20/h3-6,11H,7-10H2,1-2H3,(H,18,19,20). The average molecular weight is 364 g/mol. The van der Waals surface area contributed by atoms with Crippen molar-refractivity contribution < 1.29 is 41.6 Å². The van der Waals surface area contributed by atoms with E-state index in [4.69, 9.17) is 14.0 Å². The molecule has 1 N–H and O–H groups in total. The van der Waals surface area contributed by atoms with Crippen molar-refractivity contribution in [2.75, 3.05) is 25.6 Å². The summed E-state index contributed by atoms with van der Waals surface area (Å²) in [6.45, 7) is 1.77. The van der Waals surface area contributed by atoms with Crippen LogP contribution in [0.2, 0.25) is 0 Å². The van der Waals surface area contributed by atoms with Gasteiger partial charge in [0, 0.05) is 12.2 Å². The normalized spacial score (nSPS) is 13.0. The van der Waals surface area contributed by atoms with Gasteiger partial charge in [-0.15, -0.1) is 0 Å². The molecule has 0 rings (SSSR count). The summed E-state index contributed by atoms with van der Waals surface area (Å²) in [5.74, 6) is -4.24. The number of carbonyl (C=O) groups excluding carboxylic acids is 3. The molecule has 0 aliphatic heterocycles. The maximum absolute atomic E-state index is 11.9. The Morgan fingerprint density at radius 1 is 0.958 bits per heavy atom. The van der Waals surface area contributed by atoms with Crippen molar-refractivity contribution in [3.8, 4) is 0 Å². The van der Waals surface area contributed by atoms with Gasteiger partial charge in [0.1, 0.15) is 31.5 Å². The van der Waals surface area contributed by atoms with E-state index in [1.54, 1.807) is 13.8 Å². The predicted octanol–water partition coefficient (Wildman–Crippen LogP) is 0.272. The molecule has 0 radical (unpaired) electrons. The minimum absolute atomic E-state index is 0.420. The third-order valence-corrected chi connectivity index (χ3v) is 3.06. The van der Waals surface area contributed by atoms with Crippen LogP contribution in [0.1, 0.15) is 13.8 Å². The first-order chi connectivity index (χ1) is 11.2. The number of ether oxygens (including phenoxy) is 3. The van der Waals surface area contributed by atoms with E-state index in [0.29, 0.717) is 0 Å². The highest BCUT2D eigenvalue weighted by Gasteiger charge is 2.24. The van der Waals surface area contributed by atoms with Gasteiger partial charge in [-0.25, -0.2) is 9.59 Å². The quantitative estimate of drug-likeness (QED) is 0.251. The Labute approximate surface area is 140 Å². The Balaban J connectivity index is 4.66. The summed E-state index contributed by atoms with van der Waals surface area (Å²) in [5, 5.41) is 0. The lowest BCUT2D eigenvalue weighted by atomic mass is 10.2. The number of allylic oxidation sites excluding steroid dienone is 2. The molecule has 0 amide bonds. The molecular weight excluding hydrogens is 344 g/mol. The number of hydrogen-bond acceptors (Lipinski definition) is 8. The van der Waals surface area contributed by atoms with E-state index in [0.717, 1.165) is 12.2 Å². The van der Waals surface area contributed by atoms with Crippen LogP contribution in [0.5, 0.6) is 0 Å². The topological polar surface area (TPSA) is 133 Å². The molecule has 0 saturated heterocycles. The van der Waals surface area contributed by atoms with Crippen molar-refractivity contribution in [1.82, 2.24) is 0 Å². The van der Waals surface area contributed by atoms with Crippen LogP contribution >= 0.6 is 0 Å². The van der Waals surface area contributed by atoms with Crippen LogP contribution in [-0.4, -0.2) is 56.5 Å². The Kier molecular flexibility index (Phi) is 10.3. The van der Waals surface area contributed by atoms with Gasteiger partial charge >= 0.3 is 17.9 Å². The van der Waals surface area contributed by atoms with Gasteiger partial charge in [-0.1, -0.05) is 12.2 Å². The van der Waals surface area contributed by atoms with Gasteiger partial charge in [0.2, 0.25) is 0 Å². The van der Waals surface area contributed by atoms with Crippen LogP contribution in [0.4, 0.5) is 0 Å². The van der Waals surface area contributed by atoms with E-state index in [1.165, 1.54) is 12.2 Å². The van der Waals surface area contributed by atoms with Crippen LogP contribution in [0, 0.1) is 5.92 Å². The van der Waals surface area contributed by atoms with Gasteiger partial charge in [0.25, 0.3) is 10.1 Å². The van der Waals surface area contributed by atoms with Crippen LogP contribution in [-0.2, 0) is 38.7 Å². The molecule has 0 aliphatic rings. The molecule has 0 fully saturated rings. The van der Waals surface area contributed by atoms with Crippen molar-refractivity contribution in [2.45, 2.75) is 13.8 Å². The van der Waals surface area contributed by atoms with Crippen LogP contribution < -0.4 is 0 Å². The summed E-state index contributed by atoms with van der Waals surface area (Å²) in [7, 11) is -4.28. The molecule has 0 aliphatic carbocycles. The second kappa shape index (κ2) is 11.4. The molecule has 9 nitrogen and oxygen atoms in total. The van der Waals surface area contributed by atoms with Crippen molar-refractivity contribution >= 4 is 28.0 Å². The molecule has 0 atom stereocenters. The lowest BCUT2D eigenvalue weighted by Gasteiger charge is -2.15. The number of rotatable bonds is 10. The monoisotopic (exact) mass is 364 g/mol. The molecule has 0 aromatic carbocycles. The Morgan fingerprint density at radius 2 is 1.42 bits per heavy atom. The van der Waals surface area contributed by atoms with Crippen molar-refractivity contribution in [3.63, 3.8) is 0 Å².